The Bertz CT molecular complexity index is 362. The quantitative estimate of drug-likeness (QED) is 0.603. The lowest BCUT2D eigenvalue weighted by Crippen LogP contribution is -2.29. The first-order valence-corrected chi connectivity index (χ1v) is 5.31. The highest BCUT2D eigenvalue weighted by atomic mass is 15.1. The third-order valence-electron chi connectivity index (χ3n) is 2.18. The van der Waals surface area contributed by atoms with E-state index in [1.54, 1.807) is 12.3 Å². The number of nitrogens with two attached hydrogens (primary N) is 1. The van der Waals surface area contributed by atoms with Crippen LogP contribution in [-0.2, 0) is 0 Å². The molecule has 0 spiro atoms. The van der Waals surface area contributed by atoms with Crippen LogP contribution < -0.4 is 10.6 Å². The van der Waals surface area contributed by atoms with Gasteiger partial charge in [0.2, 0.25) is 0 Å². The summed E-state index contributed by atoms with van der Waals surface area (Å²) in [6, 6.07) is 3.71. The molecule has 0 aliphatic carbocycles. The van der Waals surface area contributed by atoms with Gasteiger partial charge in [-0.3, -0.25) is 10.4 Å². The fraction of sp³-hybridized carbons (Fsp3) is 0.500. The Kier molecular flexibility index (Phi) is 3.52. The van der Waals surface area contributed by atoms with Gasteiger partial charge >= 0.3 is 0 Å². The molecule has 16 heavy (non-hydrogen) atoms. The number of nitrogens with one attached hydrogen (secondary N) is 1. The Morgan fingerprint density at radius 1 is 1.44 bits per heavy atom. The van der Waals surface area contributed by atoms with Crippen LogP contribution in [-0.4, -0.2) is 24.4 Å². The molecular weight excluding hydrogens is 200 g/mol. The van der Waals surface area contributed by atoms with E-state index in [1.165, 1.54) is 0 Å². The molecule has 1 rings (SSSR count). The number of hydrogen-bond acceptors (Lipinski definition) is 3. The van der Waals surface area contributed by atoms with Crippen molar-refractivity contribution < 1.29 is 0 Å². The fourth-order valence-electron chi connectivity index (χ4n) is 1.57. The van der Waals surface area contributed by atoms with Crippen LogP contribution in [0.4, 0.5) is 5.69 Å². The van der Waals surface area contributed by atoms with Crippen LogP contribution in [0.2, 0.25) is 0 Å². The van der Waals surface area contributed by atoms with E-state index in [-0.39, 0.29) is 11.3 Å². The summed E-state index contributed by atoms with van der Waals surface area (Å²) in [5, 5.41) is 7.26. The van der Waals surface area contributed by atoms with Crippen LogP contribution >= 0.6 is 0 Å². The average molecular weight is 220 g/mol. The number of amidine groups is 1. The molecule has 0 atom stereocenters. The van der Waals surface area contributed by atoms with Crippen LogP contribution in [0.1, 0.15) is 26.5 Å². The van der Waals surface area contributed by atoms with Gasteiger partial charge in [0, 0.05) is 13.6 Å². The molecule has 88 valence electrons. The molecule has 0 aliphatic heterocycles. The van der Waals surface area contributed by atoms with E-state index >= 15 is 0 Å². The number of pyridine rings is 1. The number of aromatic nitrogens is 1. The third kappa shape index (κ3) is 3.53. The summed E-state index contributed by atoms with van der Waals surface area (Å²) in [7, 11) is 2.04. The van der Waals surface area contributed by atoms with Gasteiger partial charge in [-0.15, -0.1) is 0 Å². The molecule has 0 fully saturated rings. The van der Waals surface area contributed by atoms with Gasteiger partial charge in [-0.05, 0) is 17.5 Å². The first-order valence-electron chi connectivity index (χ1n) is 5.31. The van der Waals surface area contributed by atoms with E-state index in [0.29, 0.717) is 5.69 Å². The van der Waals surface area contributed by atoms with Gasteiger partial charge in [0.05, 0.1) is 11.9 Å². The smallest absolute Gasteiger partial charge is 0.141 e. The van der Waals surface area contributed by atoms with Crippen LogP contribution in [0, 0.1) is 10.8 Å². The standard InChI is InChI=1S/C12H20N4/c1-12(2,3)8-16(4)9-5-6-10(11(13)14)15-7-9/h5-7H,8H2,1-4H3,(H3,13,14). The van der Waals surface area contributed by atoms with Gasteiger partial charge in [-0.1, -0.05) is 20.8 Å². The van der Waals surface area contributed by atoms with E-state index in [1.807, 2.05) is 13.1 Å². The van der Waals surface area contributed by atoms with Crippen molar-refractivity contribution in [3.05, 3.63) is 24.0 Å². The molecule has 1 aromatic heterocycles. The summed E-state index contributed by atoms with van der Waals surface area (Å²) in [6.45, 7) is 7.54. The van der Waals surface area contributed by atoms with Crippen molar-refractivity contribution in [1.29, 1.82) is 5.41 Å². The summed E-state index contributed by atoms with van der Waals surface area (Å²) < 4.78 is 0. The highest BCUT2D eigenvalue weighted by molar-refractivity contribution is 5.93. The molecule has 4 heteroatoms. The second-order valence-corrected chi connectivity index (χ2v) is 5.23. The van der Waals surface area contributed by atoms with Crippen molar-refractivity contribution in [2.24, 2.45) is 11.1 Å². The van der Waals surface area contributed by atoms with Crippen molar-refractivity contribution in [3.63, 3.8) is 0 Å². The summed E-state index contributed by atoms with van der Waals surface area (Å²) in [4.78, 5) is 6.29. The third-order valence-corrected chi connectivity index (χ3v) is 2.18. The molecule has 4 nitrogen and oxygen atoms in total. The number of anilines is 1. The second kappa shape index (κ2) is 4.51. The Morgan fingerprint density at radius 2 is 2.06 bits per heavy atom. The van der Waals surface area contributed by atoms with Crippen LogP contribution in [0.25, 0.3) is 0 Å². The maximum atomic E-state index is 7.26. The van der Waals surface area contributed by atoms with Gasteiger partial charge in [-0.2, -0.15) is 0 Å². The number of hydrogen-bond donors (Lipinski definition) is 2. The summed E-state index contributed by atoms with van der Waals surface area (Å²) in [5.41, 5.74) is 7.16. The maximum absolute atomic E-state index is 7.26. The van der Waals surface area contributed by atoms with E-state index in [9.17, 15) is 0 Å². The molecule has 0 aliphatic rings. The van der Waals surface area contributed by atoms with Crippen molar-refractivity contribution in [2.45, 2.75) is 20.8 Å². The van der Waals surface area contributed by atoms with Crippen LogP contribution in [0.5, 0.6) is 0 Å². The molecule has 0 saturated heterocycles. The summed E-state index contributed by atoms with van der Waals surface area (Å²) in [5.74, 6) is 0.00465. The zero-order valence-electron chi connectivity index (χ0n) is 10.4. The number of nitrogen functional groups attached to an aromatic ring is 1. The zero-order valence-corrected chi connectivity index (χ0v) is 10.4. The Morgan fingerprint density at radius 3 is 2.44 bits per heavy atom. The molecule has 0 aromatic carbocycles. The first-order chi connectivity index (χ1) is 7.29. The van der Waals surface area contributed by atoms with Crippen molar-refractivity contribution in [2.75, 3.05) is 18.5 Å². The Labute approximate surface area is 97.0 Å². The molecule has 3 N–H and O–H groups in total. The Balaban J connectivity index is 2.78. The lowest BCUT2D eigenvalue weighted by atomic mass is 9.96. The lowest BCUT2D eigenvalue weighted by Gasteiger charge is -2.28. The van der Waals surface area contributed by atoms with Crippen LogP contribution in [0.15, 0.2) is 18.3 Å². The van der Waals surface area contributed by atoms with Gasteiger partial charge in [-0.25, -0.2) is 0 Å². The molecule has 0 unspecified atom stereocenters. The predicted octanol–water partition coefficient (Wildman–Crippen LogP) is 1.85. The molecule has 0 saturated carbocycles. The largest absolute Gasteiger partial charge is 0.382 e. The second-order valence-electron chi connectivity index (χ2n) is 5.23. The average Bonchev–Trinajstić information content (AvgIpc) is 2.15. The summed E-state index contributed by atoms with van der Waals surface area (Å²) in [6.07, 6.45) is 1.75. The van der Waals surface area contributed by atoms with E-state index < -0.39 is 0 Å². The van der Waals surface area contributed by atoms with E-state index in [2.05, 4.69) is 30.7 Å². The monoisotopic (exact) mass is 220 g/mol. The first kappa shape index (κ1) is 12.5. The molecule has 0 amide bonds. The van der Waals surface area contributed by atoms with Crippen molar-refractivity contribution in [1.82, 2.24) is 4.98 Å². The molecule has 1 aromatic rings. The highest BCUT2D eigenvalue weighted by Crippen LogP contribution is 2.19. The van der Waals surface area contributed by atoms with Crippen LogP contribution in [0.3, 0.4) is 0 Å². The van der Waals surface area contributed by atoms with Crippen molar-refractivity contribution in [3.8, 4) is 0 Å². The van der Waals surface area contributed by atoms with Gasteiger partial charge in [0.25, 0.3) is 0 Å². The van der Waals surface area contributed by atoms with E-state index in [4.69, 9.17) is 11.1 Å². The number of rotatable bonds is 3. The Hall–Kier alpha value is -1.58. The fourth-order valence-corrected chi connectivity index (χ4v) is 1.57. The topological polar surface area (TPSA) is 66.0 Å². The molecule has 0 radical (unpaired) electrons. The van der Waals surface area contributed by atoms with Crippen molar-refractivity contribution >= 4 is 11.5 Å². The van der Waals surface area contributed by atoms with Gasteiger partial charge in [0.1, 0.15) is 11.5 Å². The van der Waals surface area contributed by atoms with E-state index in [0.717, 1.165) is 12.2 Å². The molecular formula is C12H20N4. The normalized spacial score (nSPS) is 11.2. The SMILES string of the molecule is CN(CC(C)(C)C)c1ccc(C(=N)N)nc1. The molecule has 1 heterocycles. The minimum Gasteiger partial charge on any atom is -0.382 e. The zero-order chi connectivity index (χ0) is 12.3. The number of nitrogens with zero attached hydrogens (tertiary/aromatic N) is 2. The maximum Gasteiger partial charge on any atom is 0.141 e. The summed E-state index contributed by atoms with van der Waals surface area (Å²) >= 11 is 0. The lowest BCUT2D eigenvalue weighted by molar-refractivity contribution is 0.419. The minimum absolute atomic E-state index is 0.00465. The minimum atomic E-state index is 0.00465. The van der Waals surface area contributed by atoms with Gasteiger partial charge < -0.3 is 10.6 Å². The predicted molar refractivity (Wildman–Crippen MR) is 68.0 cm³/mol. The molecule has 0 bridgehead atoms. The van der Waals surface area contributed by atoms with Gasteiger partial charge in [0.15, 0.2) is 0 Å². The highest BCUT2D eigenvalue weighted by Gasteiger charge is 2.14.